The second kappa shape index (κ2) is 9.80. The first kappa shape index (κ1) is 21.8. The van der Waals surface area contributed by atoms with Gasteiger partial charge in [0.2, 0.25) is 0 Å². The summed E-state index contributed by atoms with van der Waals surface area (Å²) in [6.45, 7) is 6.26. The Balaban J connectivity index is 1.47. The fourth-order valence-corrected chi connectivity index (χ4v) is 5.49. The van der Waals surface area contributed by atoms with E-state index in [9.17, 15) is 4.39 Å². The lowest BCUT2D eigenvalue weighted by molar-refractivity contribution is 0.133. The molecule has 0 heterocycles. The molecule has 31 heavy (non-hydrogen) atoms. The summed E-state index contributed by atoms with van der Waals surface area (Å²) in [5, 5.41) is 0. The zero-order valence-corrected chi connectivity index (χ0v) is 18.3. The van der Waals surface area contributed by atoms with Gasteiger partial charge < -0.3 is 4.74 Å². The predicted molar refractivity (Wildman–Crippen MR) is 123 cm³/mol. The van der Waals surface area contributed by atoms with Crippen LogP contribution in [0.3, 0.4) is 0 Å². The Morgan fingerprint density at radius 3 is 2.35 bits per heavy atom. The van der Waals surface area contributed by atoms with Crippen LogP contribution in [0.1, 0.15) is 56.9 Å². The summed E-state index contributed by atoms with van der Waals surface area (Å²) in [6, 6.07) is 9.98. The quantitative estimate of drug-likeness (QED) is 0.428. The minimum Gasteiger partial charge on any atom is -0.489 e. The minimum absolute atomic E-state index is 0.272. The summed E-state index contributed by atoms with van der Waals surface area (Å²) in [5.41, 5.74) is 1.63. The van der Waals surface area contributed by atoms with Crippen molar-refractivity contribution in [3.8, 4) is 16.9 Å². The molecule has 2 aromatic rings. The van der Waals surface area contributed by atoms with Crippen molar-refractivity contribution in [2.75, 3.05) is 6.61 Å². The normalized spacial score (nSPS) is 25.9. The topological polar surface area (TPSA) is 9.23 Å². The third kappa shape index (κ3) is 4.92. The van der Waals surface area contributed by atoms with Gasteiger partial charge in [-0.05, 0) is 92.9 Å². The Hall–Kier alpha value is -2.42. The van der Waals surface area contributed by atoms with Gasteiger partial charge >= 0.3 is 0 Å². The van der Waals surface area contributed by atoms with Crippen LogP contribution >= 0.6 is 0 Å². The summed E-state index contributed by atoms with van der Waals surface area (Å²) >= 11 is 0. The summed E-state index contributed by atoms with van der Waals surface area (Å²) in [6.07, 6.45) is 13.1. The number of allylic oxidation sites excluding steroid dienone is 2. The third-order valence-electron chi connectivity index (χ3n) is 7.26. The molecule has 0 spiro atoms. The van der Waals surface area contributed by atoms with E-state index in [2.05, 4.69) is 12.7 Å². The SMILES string of the molecule is C=CC1CCC2CC(c3ccc(-c4ccc(OC/C=C/C)cc4F)c(F)c3)CCC2C1. The summed E-state index contributed by atoms with van der Waals surface area (Å²) < 4.78 is 35.2. The highest BCUT2D eigenvalue weighted by Crippen LogP contribution is 2.48. The molecule has 164 valence electrons. The van der Waals surface area contributed by atoms with E-state index >= 15 is 4.39 Å². The van der Waals surface area contributed by atoms with Gasteiger partial charge in [-0.2, -0.15) is 0 Å². The molecule has 2 aliphatic carbocycles. The first-order valence-electron chi connectivity index (χ1n) is 11.5. The van der Waals surface area contributed by atoms with Gasteiger partial charge in [-0.3, -0.25) is 0 Å². The van der Waals surface area contributed by atoms with Gasteiger partial charge in [0.15, 0.2) is 0 Å². The van der Waals surface area contributed by atoms with Crippen molar-refractivity contribution in [3.63, 3.8) is 0 Å². The van der Waals surface area contributed by atoms with Crippen molar-refractivity contribution < 1.29 is 13.5 Å². The second-order valence-electron chi connectivity index (χ2n) is 9.10. The Kier molecular flexibility index (Phi) is 6.89. The van der Waals surface area contributed by atoms with Crippen LogP contribution in [0.2, 0.25) is 0 Å². The van der Waals surface area contributed by atoms with Crippen molar-refractivity contribution in [1.29, 1.82) is 0 Å². The fourth-order valence-electron chi connectivity index (χ4n) is 5.49. The molecule has 1 nitrogen and oxygen atoms in total. The zero-order valence-electron chi connectivity index (χ0n) is 18.3. The Morgan fingerprint density at radius 2 is 1.65 bits per heavy atom. The number of hydrogen-bond acceptors (Lipinski definition) is 1. The molecule has 0 aliphatic heterocycles. The van der Waals surface area contributed by atoms with Crippen LogP contribution in [0.4, 0.5) is 8.78 Å². The lowest BCUT2D eigenvalue weighted by Crippen LogP contribution is -2.30. The summed E-state index contributed by atoms with van der Waals surface area (Å²) in [4.78, 5) is 0. The number of ether oxygens (including phenoxy) is 1. The van der Waals surface area contributed by atoms with E-state index < -0.39 is 5.82 Å². The molecule has 2 aliphatic rings. The van der Waals surface area contributed by atoms with Crippen LogP contribution in [-0.4, -0.2) is 6.61 Å². The maximum Gasteiger partial charge on any atom is 0.134 e. The van der Waals surface area contributed by atoms with E-state index in [-0.39, 0.29) is 11.4 Å². The van der Waals surface area contributed by atoms with Crippen LogP contribution in [0.5, 0.6) is 5.75 Å². The Bertz CT molecular complexity index is 948. The minimum atomic E-state index is -0.468. The first-order chi connectivity index (χ1) is 15.1. The standard InChI is InChI=1S/C28H32F2O/c1-3-5-14-31-24-11-13-26(28(30)18-24)25-12-10-23(17-27(25)29)22-9-8-20-15-19(4-2)6-7-21(20)16-22/h3-5,10-13,17-22H,2,6-9,14-16H2,1H3/b5-3+. The van der Waals surface area contributed by atoms with Crippen molar-refractivity contribution in [2.24, 2.45) is 17.8 Å². The number of hydrogen-bond donors (Lipinski definition) is 0. The average Bonchev–Trinajstić information content (AvgIpc) is 2.79. The lowest BCUT2D eigenvalue weighted by atomic mass is 9.64. The molecule has 0 amide bonds. The molecule has 0 bridgehead atoms. The fraction of sp³-hybridized carbons (Fsp3) is 0.429. The van der Waals surface area contributed by atoms with Crippen LogP contribution in [0, 0.1) is 29.4 Å². The number of halogens is 2. The average molecular weight is 423 g/mol. The summed E-state index contributed by atoms with van der Waals surface area (Å²) in [7, 11) is 0. The maximum atomic E-state index is 15.0. The molecule has 2 fully saturated rings. The highest BCUT2D eigenvalue weighted by Gasteiger charge is 2.35. The van der Waals surface area contributed by atoms with Gasteiger partial charge in [0, 0.05) is 17.2 Å². The lowest BCUT2D eigenvalue weighted by Gasteiger charge is -2.41. The maximum absolute atomic E-state index is 15.0. The molecule has 4 rings (SSSR count). The molecule has 2 aromatic carbocycles. The zero-order chi connectivity index (χ0) is 21.8. The second-order valence-corrected chi connectivity index (χ2v) is 9.10. The van der Waals surface area contributed by atoms with Gasteiger partial charge in [0.25, 0.3) is 0 Å². The van der Waals surface area contributed by atoms with Gasteiger partial charge in [0.1, 0.15) is 24.0 Å². The van der Waals surface area contributed by atoms with Gasteiger partial charge in [0.05, 0.1) is 0 Å². The van der Waals surface area contributed by atoms with Gasteiger partial charge in [-0.15, -0.1) is 6.58 Å². The van der Waals surface area contributed by atoms with Gasteiger partial charge in [-0.25, -0.2) is 8.78 Å². The smallest absolute Gasteiger partial charge is 0.134 e. The monoisotopic (exact) mass is 422 g/mol. The molecule has 4 unspecified atom stereocenters. The Labute approximate surface area is 184 Å². The van der Waals surface area contributed by atoms with Crippen molar-refractivity contribution in [2.45, 2.75) is 51.4 Å². The van der Waals surface area contributed by atoms with E-state index in [4.69, 9.17) is 4.74 Å². The van der Waals surface area contributed by atoms with Crippen molar-refractivity contribution in [1.82, 2.24) is 0 Å². The highest BCUT2D eigenvalue weighted by molar-refractivity contribution is 5.66. The van der Waals surface area contributed by atoms with E-state index in [1.54, 1.807) is 24.3 Å². The van der Waals surface area contributed by atoms with Crippen LogP contribution in [0.15, 0.2) is 61.2 Å². The van der Waals surface area contributed by atoms with E-state index in [1.807, 2.05) is 25.1 Å². The first-order valence-corrected chi connectivity index (χ1v) is 11.5. The van der Waals surface area contributed by atoms with Crippen molar-refractivity contribution >= 4 is 0 Å². The number of benzene rings is 2. The molecule has 0 radical (unpaired) electrons. The number of fused-ring (bicyclic) bond motifs is 1. The molecule has 0 N–H and O–H groups in total. The highest BCUT2D eigenvalue weighted by atomic mass is 19.1. The van der Waals surface area contributed by atoms with Crippen molar-refractivity contribution in [3.05, 3.63) is 78.4 Å². The largest absolute Gasteiger partial charge is 0.489 e. The van der Waals surface area contributed by atoms with E-state index in [0.29, 0.717) is 29.8 Å². The third-order valence-corrected chi connectivity index (χ3v) is 7.26. The van der Waals surface area contributed by atoms with E-state index in [0.717, 1.165) is 30.2 Å². The summed E-state index contributed by atoms with van der Waals surface area (Å²) in [5.74, 6) is 2.23. The molecule has 3 heteroatoms. The molecule has 4 atom stereocenters. The molecule has 2 saturated carbocycles. The number of rotatable bonds is 6. The molecule has 0 aromatic heterocycles. The van der Waals surface area contributed by atoms with Crippen LogP contribution < -0.4 is 4.74 Å². The molecular formula is C28H32F2O. The van der Waals surface area contributed by atoms with Gasteiger partial charge in [-0.1, -0.05) is 30.4 Å². The molecular weight excluding hydrogens is 390 g/mol. The Morgan fingerprint density at radius 1 is 0.935 bits per heavy atom. The predicted octanol–water partition coefficient (Wildman–Crippen LogP) is 8.07. The van der Waals surface area contributed by atoms with Crippen LogP contribution in [-0.2, 0) is 0 Å². The van der Waals surface area contributed by atoms with Crippen LogP contribution in [0.25, 0.3) is 11.1 Å². The van der Waals surface area contributed by atoms with E-state index in [1.165, 1.54) is 31.7 Å². The molecule has 0 saturated heterocycles.